The highest BCUT2D eigenvalue weighted by molar-refractivity contribution is 6.47. The van der Waals surface area contributed by atoms with Crippen LogP contribution in [0.5, 0.6) is 5.75 Å². The van der Waals surface area contributed by atoms with Crippen molar-refractivity contribution in [1.29, 1.82) is 0 Å². The molecular weight excluding hydrogens is 476 g/mol. The number of aromatic nitrogens is 1. The van der Waals surface area contributed by atoms with Gasteiger partial charge in [0.15, 0.2) is 0 Å². The first-order valence-electron chi connectivity index (χ1n) is 11.8. The number of likely N-dealkylation sites (tertiary alicyclic amines) is 1. The Labute approximate surface area is 213 Å². The number of aliphatic hydroxyl groups excluding tert-OH is 1. The lowest BCUT2D eigenvalue weighted by Gasteiger charge is -2.26. The first-order valence-corrected chi connectivity index (χ1v) is 12.2. The number of halogens is 1. The summed E-state index contributed by atoms with van der Waals surface area (Å²) < 4.78 is 5.48. The molecule has 182 valence electrons. The second-order valence-corrected chi connectivity index (χ2v) is 8.99. The van der Waals surface area contributed by atoms with Gasteiger partial charge in [-0.15, -0.1) is 0 Å². The van der Waals surface area contributed by atoms with E-state index in [0.717, 1.165) is 16.5 Å². The molecule has 4 aromatic rings. The van der Waals surface area contributed by atoms with Gasteiger partial charge in [0.1, 0.15) is 11.5 Å². The van der Waals surface area contributed by atoms with Crippen LogP contribution in [0.25, 0.3) is 16.7 Å². The molecule has 0 bridgehead atoms. The molecule has 1 unspecified atom stereocenters. The molecular formula is C29H25ClN2O4. The number of carbonyl (C=O) groups excluding carboxylic acids is 2. The summed E-state index contributed by atoms with van der Waals surface area (Å²) in [6.07, 6.45) is 2.45. The molecule has 3 aromatic carbocycles. The van der Waals surface area contributed by atoms with Crippen LogP contribution in [0, 0.1) is 0 Å². The lowest BCUT2D eigenvalue weighted by Crippen LogP contribution is -2.31. The summed E-state index contributed by atoms with van der Waals surface area (Å²) in [4.78, 5) is 31.3. The normalized spacial score (nSPS) is 17.2. The fraction of sp³-hybridized carbons (Fsp3) is 0.172. The van der Waals surface area contributed by atoms with Crippen LogP contribution in [0.4, 0.5) is 0 Å². The Balaban J connectivity index is 1.55. The molecule has 1 amide bonds. The average molecular weight is 501 g/mol. The van der Waals surface area contributed by atoms with Gasteiger partial charge in [0.2, 0.25) is 0 Å². The molecule has 1 saturated heterocycles. The molecule has 0 aliphatic carbocycles. The SMILES string of the molecule is CCOc1ccc(/C(O)=C2\C(=O)C(=O)N(CCc3c[nH]c4ccccc34)C2c2ccccc2Cl)cc1. The van der Waals surface area contributed by atoms with Crippen molar-refractivity contribution in [2.24, 2.45) is 0 Å². The number of aliphatic hydroxyl groups is 1. The number of hydrogen-bond acceptors (Lipinski definition) is 4. The molecule has 0 spiro atoms. The molecule has 1 atom stereocenters. The summed E-state index contributed by atoms with van der Waals surface area (Å²) in [7, 11) is 0. The fourth-order valence-corrected chi connectivity index (χ4v) is 4.98. The van der Waals surface area contributed by atoms with Gasteiger partial charge in [0.05, 0.1) is 18.2 Å². The molecule has 5 rings (SSSR count). The third kappa shape index (κ3) is 4.25. The Morgan fingerprint density at radius 2 is 1.75 bits per heavy atom. The minimum Gasteiger partial charge on any atom is -0.507 e. The molecule has 6 nitrogen and oxygen atoms in total. The maximum atomic E-state index is 13.3. The number of nitrogens with one attached hydrogen (secondary N) is 1. The molecule has 1 aromatic heterocycles. The van der Waals surface area contributed by atoms with E-state index in [1.165, 1.54) is 4.90 Å². The molecule has 36 heavy (non-hydrogen) atoms. The van der Waals surface area contributed by atoms with E-state index in [9.17, 15) is 14.7 Å². The largest absolute Gasteiger partial charge is 0.507 e. The summed E-state index contributed by atoms with van der Waals surface area (Å²) in [6, 6.07) is 21.0. The number of para-hydroxylation sites is 1. The Morgan fingerprint density at radius 1 is 1.03 bits per heavy atom. The maximum Gasteiger partial charge on any atom is 0.295 e. The summed E-state index contributed by atoms with van der Waals surface area (Å²) in [5, 5.41) is 12.7. The van der Waals surface area contributed by atoms with Gasteiger partial charge in [0.25, 0.3) is 11.7 Å². The van der Waals surface area contributed by atoms with Crippen molar-refractivity contribution in [3.63, 3.8) is 0 Å². The zero-order valence-corrected chi connectivity index (χ0v) is 20.5. The predicted octanol–water partition coefficient (Wildman–Crippen LogP) is 5.88. The molecule has 2 heterocycles. The van der Waals surface area contributed by atoms with Gasteiger partial charge >= 0.3 is 0 Å². The molecule has 1 aliphatic rings. The van der Waals surface area contributed by atoms with Crippen LogP contribution in [-0.2, 0) is 16.0 Å². The Bertz CT molecular complexity index is 1470. The number of aromatic amines is 1. The summed E-state index contributed by atoms with van der Waals surface area (Å²) in [5.41, 5.74) is 3.08. The third-order valence-electron chi connectivity index (χ3n) is 6.48. The van der Waals surface area contributed by atoms with Crippen LogP contribution in [-0.4, -0.2) is 39.8 Å². The number of rotatable bonds is 7. The van der Waals surface area contributed by atoms with Crippen molar-refractivity contribution in [2.45, 2.75) is 19.4 Å². The molecule has 0 saturated carbocycles. The Kier molecular flexibility index (Phi) is 6.53. The fourth-order valence-electron chi connectivity index (χ4n) is 4.74. The van der Waals surface area contributed by atoms with Crippen molar-refractivity contribution < 1.29 is 19.4 Å². The second kappa shape index (κ2) is 9.91. The monoisotopic (exact) mass is 500 g/mol. The van der Waals surface area contributed by atoms with Crippen molar-refractivity contribution in [1.82, 2.24) is 9.88 Å². The van der Waals surface area contributed by atoms with E-state index in [1.807, 2.05) is 37.4 Å². The summed E-state index contributed by atoms with van der Waals surface area (Å²) >= 11 is 6.54. The number of carbonyl (C=O) groups is 2. The molecule has 1 fully saturated rings. The van der Waals surface area contributed by atoms with Gasteiger partial charge in [-0.25, -0.2) is 0 Å². The molecule has 0 radical (unpaired) electrons. The van der Waals surface area contributed by atoms with Gasteiger partial charge in [-0.1, -0.05) is 48.0 Å². The van der Waals surface area contributed by atoms with Gasteiger partial charge < -0.3 is 19.7 Å². The number of H-pyrrole nitrogens is 1. The Morgan fingerprint density at radius 3 is 2.50 bits per heavy atom. The van der Waals surface area contributed by atoms with Crippen LogP contribution in [0.1, 0.15) is 29.7 Å². The summed E-state index contributed by atoms with van der Waals surface area (Å²) in [5.74, 6) is -0.982. The number of hydrogen-bond donors (Lipinski definition) is 2. The zero-order chi connectivity index (χ0) is 25.2. The highest BCUT2D eigenvalue weighted by Gasteiger charge is 2.46. The van der Waals surface area contributed by atoms with Gasteiger partial charge in [-0.3, -0.25) is 9.59 Å². The van der Waals surface area contributed by atoms with E-state index in [1.54, 1.807) is 48.5 Å². The zero-order valence-electron chi connectivity index (χ0n) is 19.7. The number of Topliss-reactive ketones (excluding diaryl/α,β-unsaturated/α-hetero) is 1. The smallest absolute Gasteiger partial charge is 0.295 e. The average Bonchev–Trinajstić information content (AvgIpc) is 3.42. The van der Waals surface area contributed by atoms with Gasteiger partial charge in [-0.05, 0) is 60.9 Å². The van der Waals surface area contributed by atoms with Crippen LogP contribution in [0.3, 0.4) is 0 Å². The van der Waals surface area contributed by atoms with E-state index < -0.39 is 17.7 Å². The number of benzene rings is 3. The van der Waals surface area contributed by atoms with E-state index in [4.69, 9.17) is 16.3 Å². The minimum atomic E-state index is -0.810. The number of ketones is 1. The van der Waals surface area contributed by atoms with Crippen LogP contribution in [0.2, 0.25) is 5.02 Å². The predicted molar refractivity (Wildman–Crippen MR) is 140 cm³/mol. The van der Waals surface area contributed by atoms with E-state index in [2.05, 4.69) is 4.98 Å². The van der Waals surface area contributed by atoms with Crippen molar-refractivity contribution in [2.75, 3.05) is 13.2 Å². The Hall–Kier alpha value is -4.03. The van der Waals surface area contributed by atoms with E-state index in [-0.39, 0.29) is 17.9 Å². The minimum absolute atomic E-state index is 0.0242. The number of nitrogens with zero attached hydrogens (tertiary/aromatic N) is 1. The first-order chi connectivity index (χ1) is 17.5. The van der Waals surface area contributed by atoms with Gasteiger partial charge in [-0.2, -0.15) is 0 Å². The summed E-state index contributed by atoms with van der Waals surface area (Å²) in [6.45, 7) is 2.68. The maximum absolute atomic E-state index is 13.3. The quantitative estimate of drug-likeness (QED) is 0.188. The first kappa shape index (κ1) is 23.7. The highest BCUT2D eigenvalue weighted by Crippen LogP contribution is 2.42. The van der Waals surface area contributed by atoms with Crippen LogP contribution in [0.15, 0.2) is 84.6 Å². The molecule has 1 aliphatic heterocycles. The molecule has 2 N–H and O–H groups in total. The third-order valence-corrected chi connectivity index (χ3v) is 6.82. The number of amides is 1. The number of fused-ring (bicyclic) bond motifs is 1. The second-order valence-electron chi connectivity index (χ2n) is 8.58. The topological polar surface area (TPSA) is 82.6 Å². The number of ether oxygens (including phenoxy) is 1. The lowest BCUT2D eigenvalue weighted by molar-refractivity contribution is -0.139. The molecule has 7 heteroatoms. The van der Waals surface area contributed by atoms with Crippen molar-refractivity contribution in [3.8, 4) is 5.75 Å². The van der Waals surface area contributed by atoms with Crippen molar-refractivity contribution in [3.05, 3.63) is 106 Å². The van der Waals surface area contributed by atoms with E-state index in [0.29, 0.717) is 34.9 Å². The van der Waals surface area contributed by atoms with Crippen LogP contribution < -0.4 is 4.74 Å². The van der Waals surface area contributed by atoms with Gasteiger partial charge in [0, 0.05) is 34.2 Å². The van der Waals surface area contributed by atoms with Crippen LogP contribution >= 0.6 is 11.6 Å². The highest BCUT2D eigenvalue weighted by atomic mass is 35.5. The standard InChI is InChI=1S/C29H25ClN2O4/c1-2-36-20-13-11-18(12-14-20)27(33)25-26(22-8-3-5-9-23(22)30)32(29(35)28(25)34)16-15-19-17-31-24-10-6-4-7-21(19)24/h3-14,17,26,31,33H,2,15-16H2,1H3/b27-25+. The van der Waals surface area contributed by atoms with E-state index >= 15 is 0 Å². The van der Waals surface area contributed by atoms with Crippen molar-refractivity contribution >= 4 is 40.0 Å². The lowest BCUT2D eigenvalue weighted by atomic mass is 9.95.